The lowest BCUT2D eigenvalue weighted by Gasteiger charge is -2.08. The van der Waals surface area contributed by atoms with Crippen molar-refractivity contribution in [3.8, 4) is 11.5 Å². The second kappa shape index (κ2) is 19.1. The molecule has 0 saturated heterocycles. The highest BCUT2D eigenvalue weighted by Crippen LogP contribution is 2.18. The van der Waals surface area contributed by atoms with Gasteiger partial charge in [0, 0.05) is 6.08 Å². The topological polar surface area (TPSA) is 61.8 Å². The number of unbranched alkanes of at least 4 members (excludes halogenated alkanes) is 9. The van der Waals surface area contributed by atoms with Gasteiger partial charge in [0.1, 0.15) is 11.5 Å². The number of ether oxygens (including phenoxy) is 3. The zero-order valence-electron chi connectivity index (χ0n) is 23.6. The van der Waals surface area contributed by atoms with E-state index in [-0.39, 0.29) is 5.97 Å². The number of rotatable bonds is 19. The Bertz CT molecular complexity index is 944. The van der Waals surface area contributed by atoms with Crippen LogP contribution in [0, 0.1) is 5.92 Å². The third-order valence-corrected chi connectivity index (χ3v) is 6.30. The second-order valence-corrected chi connectivity index (χ2v) is 10.2. The Kier molecular flexibility index (Phi) is 15.6. The predicted molar refractivity (Wildman–Crippen MR) is 155 cm³/mol. The fraction of sp³-hybridized carbons (Fsp3) is 0.515. The van der Waals surface area contributed by atoms with E-state index >= 15 is 0 Å². The molecule has 0 radical (unpaired) electrons. The van der Waals surface area contributed by atoms with Crippen LogP contribution in [0.5, 0.6) is 11.5 Å². The van der Waals surface area contributed by atoms with Crippen LogP contribution in [0.3, 0.4) is 0 Å². The number of benzene rings is 2. The maximum absolute atomic E-state index is 12.5. The van der Waals surface area contributed by atoms with E-state index in [2.05, 4.69) is 20.8 Å². The quantitative estimate of drug-likeness (QED) is 0.0798. The molecule has 0 N–H and O–H groups in total. The van der Waals surface area contributed by atoms with E-state index in [1.807, 2.05) is 0 Å². The third kappa shape index (κ3) is 14.0. The molecule has 2 aromatic carbocycles. The van der Waals surface area contributed by atoms with Gasteiger partial charge in [-0.1, -0.05) is 90.7 Å². The van der Waals surface area contributed by atoms with Gasteiger partial charge >= 0.3 is 11.9 Å². The van der Waals surface area contributed by atoms with Gasteiger partial charge in [0.2, 0.25) is 0 Å². The second-order valence-electron chi connectivity index (χ2n) is 10.2. The summed E-state index contributed by atoms with van der Waals surface area (Å²) in [6.45, 7) is 7.54. The third-order valence-electron chi connectivity index (χ3n) is 6.30. The minimum absolute atomic E-state index is 0.364. The fourth-order valence-electron chi connectivity index (χ4n) is 3.89. The first kappa shape index (κ1) is 31.1. The van der Waals surface area contributed by atoms with E-state index < -0.39 is 5.97 Å². The van der Waals surface area contributed by atoms with Crippen molar-refractivity contribution < 1.29 is 23.8 Å². The lowest BCUT2D eigenvalue weighted by Crippen LogP contribution is -2.08. The van der Waals surface area contributed by atoms with Gasteiger partial charge in [0.25, 0.3) is 0 Å². The first-order chi connectivity index (χ1) is 18.5. The van der Waals surface area contributed by atoms with Crippen molar-refractivity contribution in [3.63, 3.8) is 0 Å². The molecule has 0 atom stereocenters. The molecule has 2 aromatic rings. The Labute approximate surface area is 229 Å². The van der Waals surface area contributed by atoms with Crippen molar-refractivity contribution in [2.75, 3.05) is 13.2 Å². The summed E-state index contributed by atoms with van der Waals surface area (Å²) in [5, 5.41) is 0. The van der Waals surface area contributed by atoms with E-state index in [0.29, 0.717) is 30.4 Å². The van der Waals surface area contributed by atoms with E-state index in [0.717, 1.165) is 24.2 Å². The molecule has 0 aliphatic carbocycles. The number of hydrogen-bond acceptors (Lipinski definition) is 5. The van der Waals surface area contributed by atoms with E-state index in [1.54, 1.807) is 54.6 Å². The maximum Gasteiger partial charge on any atom is 0.343 e. The van der Waals surface area contributed by atoms with E-state index in [1.165, 1.54) is 63.9 Å². The minimum Gasteiger partial charge on any atom is -0.494 e. The molecule has 0 saturated carbocycles. The largest absolute Gasteiger partial charge is 0.494 e. The Morgan fingerprint density at radius 2 is 1.32 bits per heavy atom. The van der Waals surface area contributed by atoms with Gasteiger partial charge in [-0.2, -0.15) is 0 Å². The molecule has 38 heavy (non-hydrogen) atoms. The van der Waals surface area contributed by atoms with Gasteiger partial charge in [-0.25, -0.2) is 9.59 Å². The number of hydrogen-bond donors (Lipinski definition) is 0. The summed E-state index contributed by atoms with van der Waals surface area (Å²) in [5.74, 6) is 0.900. The summed E-state index contributed by atoms with van der Waals surface area (Å²) in [6.07, 6.45) is 16.9. The van der Waals surface area contributed by atoms with Crippen LogP contribution in [0.4, 0.5) is 0 Å². The maximum atomic E-state index is 12.5. The molecule has 0 amide bonds. The van der Waals surface area contributed by atoms with Crippen LogP contribution in [0.25, 0.3) is 6.08 Å². The predicted octanol–water partition coefficient (Wildman–Crippen LogP) is 8.81. The lowest BCUT2D eigenvalue weighted by atomic mass is 10.1. The Morgan fingerprint density at radius 1 is 0.737 bits per heavy atom. The molecule has 0 spiro atoms. The lowest BCUT2D eigenvalue weighted by molar-refractivity contribution is -0.137. The Balaban J connectivity index is 1.64. The van der Waals surface area contributed by atoms with Crippen LogP contribution in [-0.4, -0.2) is 25.2 Å². The van der Waals surface area contributed by atoms with Crippen LogP contribution in [0.15, 0.2) is 54.6 Å². The molecule has 0 aromatic heterocycles. The molecule has 5 heteroatoms. The molecule has 0 bridgehead atoms. The van der Waals surface area contributed by atoms with Crippen LogP contribution >= 0.6 is 0 Å². The van der Waals surface area contributed by atoms with Crippen molar-refractivity contribution >= 4 is 18.0 Å². The summed E-state index contributed by atoms with van der Waals surface area (Å²) in [5.41, 5.74) is 1.28. The highest BCUT2D eigenvalue weighted by Gasteiger charge is 2.09. The van der Waals surface area contributed by atoms with Gasteiger partial charge in [-0.15, -0.1) is 0 Å². The van der Waals surface area contributed by atoms with E-state index in [4.69, 9.17) is 14.2 Å². The van der Waals surface area contributed by atoms with Crippen molar-refractivity contribution in [1.82, 2.24) is 0 Å². The molecule has 5 nitrogen and oxygen atoms in total. The molecule has 208 valence electrons. The molecular weight excluding hydrogens is 476 g/mol. The van der Waals surface area contributed by atoms with Gasteiger partial charge < -0.3 is 14.2 Å². The summed E-state index contributed by atoms with van der Waals surface area (Å²) < 4.78 is 16.5. The van der Waals surface area contributed by atoms with Crippen LogP contribution in [0.1, 0.15) is 107 Å². The normalized spacial score (nSPS) is 11.2. The molecule has 0 heterocycles. The van der Waals surface area contributed by atoms with Gasteiger partial charge in [-0.3, -0.25) is 0 Å². The minimum atomic E-state index is -0.428. The summed E-state index contributed by atoms with van der Waals surface area (Å²) >= 11 is 0. The first-order valence-electron chi connectivity index (χ1n) is 14.4. The highest BCUT2D eigenvalue weighted by atomic mass is 16.5. The van der Waals surface area contributed by atoms with Crippen molar-refractivity contribution in [1.29, 1.82) is 0 Å². The van der Waals surface area contributed by atoms with Crippen molar-refractivity contribution in [2.24, 2.45) is 5.92 Å². The average Bonchev–Trinajstić information content (AvgIpc) is 2.91. The van der Waals surface area contributed by atoms with Gasteiger partial charge in [0.05, 0.1) is 18.8 Å². The zero-order chi connectivity index (χ0) is 27.4. The molecule has 0 aliphatic rings. The molecular formula is C33H46O5. The number of carbonyl (C=O) groups is 2. The monoisotopic (exact) mass is 522 g/mol. The Hall–Kier alpha value is -3.08. The smallest absolute Gasteiger partial charge is 0.343 e. The zero-order valence-corrected chi connectivity index (χ0v) is 23.6. The van der Waals surface area contributed by atoms with Gasteiger partial charge in [0.15, 0.2) is 0 Å². The number of esters is 2. The van der Waals surface area contributed by atoms with Crippen LogP contribution < -0.4 is 9.47 Å². The first-order valence-corrected chi connectivity index (χ1v) is 14.4. The molecule has 0 fully saturated rings. The summed E-state index contributed by atoms with van der Waals surface area (Å²) in [6, 6.07) is 14.0. The molecule has 0 aliphatic heterocycles. The highest BCUT2D eigenvalue weighted by molar-refractivity contribution is 5.91. The van der Waals surface area contributed by atoms with Gasteiger partial charge in [-0.05, 0) is 66.8 Å². The number of carbonyl (C=O) groups excluding carboxylic acids is 2. The SMILES string of the molecule is CCCCCCCCCCCCOc1ccc(C(=O)Oc2ccc(/C=C/C(=O)OCCC(C)C)cc2)cc1. The molecule has 2 rings (SSSR count). The van der Waals surface area contributed by atoms with Crippen LogP contribution in [-0.2, 0) is 9.53 Å². The van der Waals surface area contributed by atoms with Crippen molar-refractivity contribution in [3.05, 3.63) is 65.7 Å². The fourth-order valence-corrected chi connectivity index (χ4v) is 3.89. The van der Waals surface area contributed by atoms with Crippen molar-refractivity contribution in [2.45, 2.75) is 91.4 Å². The summed E-state index contributed by atoms with van der Waals surface area (Å²) in [4.78, 5) is 24.3. The standard InChI is InChI=1S/C33H46O5/c1-4-5-6-7-8-9-10-11-12-13-25-36-30-21-17-29(18-22-30)33(35)38-31-19-14-28(15-20-31)16-23-32(34)37-26-24-27(2)3/h14-23,27H,4-13,24-26H2,1-3H3/b23-16+. The van der Waals surface area contributed by atoms with E-state index in [9.17, 15) is 9.59 Å². The Morgan fingerprint density at radius 3 is 1.92 bits per heavy atom. The summed E-state index contributed by atoms with van der Waals surface area (Å²) in [7, 11) is 0. The average molecular weight is 523 g/mol. The van der Waals surface area contributed by atoms with Crippen LogP contribution in [0.2, 0.25) is 0 Å². The molecule has 0 unspecified atom stereocenters.